The van der Waals surface area contributed by atoms with Crippen LogP contribution in [-0.4, -0.2) is 36.1 Å². The predicted molar refractivity (Wildman–Crippen MR) is 65.8 cm³/mol. The average molecular weight is 220 g/mol. The highest BCUT2D eigenvalue weighted by atomic mass is 15.3. The summed E-state index contributed by atoms with van der Waals surface area (Å²) in [4.78, 5) is 10.9. The predicted octanol–water partition coefficient (Wildman–Crippen LogP) is 1.18. The molecule has 0 amide bonds. The molecule has 1 aromatic rings. The van der Waals surface area contributed by atoms with Crippen LogP contribution in [0.5, 0.6) is 0 Å². The summed E-state index contributed by atoms with van der Waals surface area (Å²) in [6.45, 7) is 8.59. The molecule has 0 aliphatic carbocycles. The summed E-state index contributed by atoms with van der Waals surface area (Å²) in [6, 6.07) is 2.71. The Bertz CT molecular complexity index is 364. The minimum Gasteiger partial charge on any atom is -0.353 e. The SMILES string of the molecule is CNC1CN(c2cc(C(C)(C)C)ncn2)C1. The van der Waals surface area contributed by atoms with Crippen LogP contribution in [0.4, 0.5) is 5.82 Å². The Kier molecular flexibility index (Phi) is 2.84. The summed E-state index contributed by atoms with van der Waals surface area (Å²) in [5.41, 5.74) is 1.19. The molecule has 1 N–H and O–H groups in total. The Morgan fingerprint density at radius 2 is 2.00 bits per heavy atom. The lowest BCUT2D eigenvalue weighted by atomic mass is 9.92. The number of anilines is 1. The first-order valence-corrected chi connectivity index (χ1v) is 5.75. The zero-order valence-corrected chi connectivity index (χ0v) is 10.5. The second-order valence-electron chi connectivity index (χ2n) is 5.40. The van der Waals surface area contributed by atoms with Gasteiger partial charge in [-0.15, -0.1) is 0 Å². The van der Waals surface area contributed by atoms with Crippen molar-refractivity contribution >= 4 is 5.82 Å². The van der Waals surface area contributed by atoms with Gasteiger partial charge in [-0.25, -0.2) is 9.97 Å². The van der Waals surface area contributed by atoms with E-state index in [1.54, 1.807) is 6.33 Å². The quantitative estimate of drug-likeness (QED) is 0.812. The van der Waals surface area contributed by atoms with Gasteiger partial charge in [0.1, 0.15) is 12.1 Å². The van der Waals surface area contributed by atoms with Crippen molar-refractivity contribution < 1.29 is 0 Å². The zero-order valence-electron chi connectivity index (χ0n) is 10.5. The molecule has 0 saturated carbocycles. The maximum atomic E-state index is 4.34. The van der Waals surface area contributed by atoms with E-state index in [1.165, 1.54) is 0 Å². The molecular formula is C12H20N4. The van der Waals surface area contributed by atoms with Crippen LogP contribution >= 0.6 is 0 Å². The summed E-state index contributed by atoms with van der Waals surface area (Å²) < 4.78 is 0. The third-order valence-corrected chi connectivity index (χ3v) is 3.03. The monoisotopic (exact) mass is 220 g/mol. The molecule has 0 radical (unpaired) electrons. The number of rotatable bonds is 2. The van der Waals surface area contributed by atoms with Crippen molar-refractivity contribution in [2.75, 3.05) is 25.0 Å². The van der Waals surface area contributed by atoms with Crippen LogP contribution < -0.4 is 10.2 Å². The van der Waals surface area contributed by atoms with Gasteiger partial charge >= 0.3 is 0 Å². The topological polar surface area (TPSA) is 41.0 Å². The smallest absolute Gasteiger partial charge is 0.132 e. The summed E-state index contributed by atoms with van der Waals surface area (Å²) in [7, 11) is 2.00. The molecule has 0 spiro atoms. The van der Waals surface area contributed by atoms with Gasteiger partial charge in [-0.1, -0.05) is 20.8 Å². The molecule has 0 bridgehead atoms. The lowest BCUT2D eigenvalue weighted by Gasteiger charge is -2.40. The van der Waals surface area contributed by atoms with E-state index in [9.17, 15) is 0 Å². The van der Waals surface area contributed by atoms with Gasteiger partial charge in [-0.2, -0.15) is 0 Å². The van der Waals surface area contributed by atoms with E-state index >= 15 is 0 Å². The number of likely N-dealkylation sites (N-methyl/N-ethyl adjacent to an activating group) is 1. The zero-order chi connectivity index (χ0) is 11.8. The molecule has 88 valence electrons. The van der Waals surface area contributed by atoms with E-state index in [2.05, 4.69) is 47.0 Å². The van der Waals surface area contributed by atoms with E-state index in [0.29, 0.717) is 6.04 Å². The molecule has 1 fully saturated rings. The molecule has 2 heterocycles. The first-order valence-electron chi connectivity index (χ1n) is 5.75. The molecule has 0 aromatic carbocycles. The van der Waals surface area contributed by atoms with Crippen molar-refractivity contribution in [3.05, 3.63) is 18.1 Å². The fourth-order valence-electron chi connectivity index (χ4n) is 1.78. The summed E-state index contributed by atoms with van der Waals surface area (Å²) in [5.74, 6) is 1.05. The normalized spacial score (nSPS) is 17.4. The van der Waals surface area contributed by atoms with Gasteiger partial charge in [0.25, 0.3) is 0 Å². The van der Waals surface area contributed by atoms with Crippen molar-refractivity contribution in [3.8, 4) is 0 Å². The minimum absolute atomic E-state index is 0.0883. The molecule has 1 aliphatic rings. The molecule has 4 nitrogen and oxygen atoms in total. The summed E-state index contributed by atoms with van der Waals surface area (Å²) >= 11 is 0. The second kappa shape index (κ2) is 4.01. The molecule has 2 rings (SSSR count). The largest absolute Gasteiger partial charge is 0.353 e. The number of hydrogen-bond acceptors (Lipinski definition) is 4. The standard InChI is InChI=1S/C12H20N4/c1-12(2,3)10-5-11(15-8-14-10)16-6-9(7-16)13-4/h5,8-9,13H,6-7H2,1-4H3. The van der Waals surface area contributed by atoms with Gasteiger partial charge in [-0.3, -0.25) is 0 Å². The van der Waals surface area contributed by atoms with Crippen LogP contribution in [0.2, 0.25) is 0 Å². The highest BCUT2D eigenvalue weighted by Crippen LogP contribution is 2.24. The van der Waals surface area contributed by atoms with Crippen molar-refractivity contribution in [1.29, 1.82) is 0 Å². The van der Waals surface area contributed by atoms with E-state index < -0.39 is 0 Å². The summed E-state index contributed by atoms with van der Waals surface area (Å²) in [5, 5.41) is 3.26. The van der Waals surface area contributed by atoms with Crippen LogP contribution in [0.1, 0.15) is 26.5 Å². The lowest BCUT2D eigenvalue weighted by Crippen LogP contribution is -2.57. The molecule has 0 atom stereocenters. The molecule has 1 aromatic heterocycles. The third-order valence-electron chi connectivity index (χ3n) is 3.03. The Labute approximate surface area is 97.1 Å². The van der Waals surface area contributed by atoms with E-state index in [4.69, 9.17) is 0 Å². The van der Waals surface area contributed by atoms with Gasteiger partial charge in [0.2, 0.25) is 0 Å². The van der Waals surface area contributed by atoms with Crippen molar-refractivity contribution in [2.45, 2.75) is 32.2 Å². The van der Waals surface area contributed by atoms with Gasteiger partial charge < -0.3 is 10.2 Å². The molecular weight excluding hydrogens is 200 g/mol. The number of nitrogens with one attached hydrogen (secondary N) is 1. The van der Waals surface area contributed by atoms with Crippen LogP contribution in [0.15, 0.2) is 12.4 Å². The highest BCUT2D eigenvalue weighted by Gasteiger charge is 2.27. The Morgan fingerprint density at radius 3 is 2.56 bits per heavy atom. The van der Waals surface area contributed by atoms with Crippen LogP contribution in [0.3, 0.4) is 0 Å². The first kappa shape index (κ1) is 11.3. The molecule has 4 heteroatoms. The summed E-state index contributed by atoms with van der Waals surface area (Å²) in [6.07, 6.45) is 1.67. The fourth-order valence-corrected chi connectivity index (χ4v) is 1.78. The lowest BCUT2D eigenvalue weighted by molar-refractivity contribution is 0.446. The van der Waals surface area contributed by atoms with Crippen LogP contribution in [0, 0.1) is 0 Å². The molecule has 16 heavy (non-hydrogen) atoms. The third kappa shape index (κ3) is 2.16. The Morgan fingerprint density at radius 1 is 1.31 bits per heavy atom. The Balaban J connectivity index is 2.12. The maximum Gasteiger partial charge on any atom is 0.132 e. The molecule has 1 saturated heterocycles. The molecule has 1 aliphatic heterocycles. The van der Waals surface area contributed by atoms with Crippen molar-refractivity contribution in [1.82, 2.24) is 15.3 Å². The van der Waals surface area contributed by atoms with Gasteiger partial charge in [0.05, 0.1) is 5.69 Å². The van der Waals surface area contributed by atoms with E-state index in [1.807, 2.05) is 7.05 Å². The highest BCUT2D eigenvalue weighted by molar-refractivity contribution is 5.43. The Hall–Kier alpha value is -1.16. The van der Waals surface area contributed by atoms with Crippen molar-refractivity contribution in [3.63, 3.8) is 0 Å². The van der Waals surface area contributed by atoms with Gasteiger partial charge in [0, 0.05) is 30.6 Å². The first-order chi connectivity index (χ1) is 7.50. The number of nitrogens with zero attached hydrogens (tertiary/aromatic N) is 3. The maximum absolute atomic E-state index is 4.34. The van der Waals surface area contributed by atoms with Gasteiger partial charge in [0.15, 0.2) is 0 Å². The van der Waals surface area contributed by atoms with Crippen molar-refractivity contribution in [2.24, 2.45) is 0 Å². The number of hydrogen-bond donors (Lipinski definition) is 1. The van der Waals surface area contributed by atoms with Crippen LogP contribution in [0.25, 0.3) is 0 Å². The minimum atomic E-state index is 0.0883. The van der Waals surface area contributed by atoms with E-state index in [0.717, 1.165) is 24.6 Å². The van der Waals surface area contributed by atoms with E-state index in [-0.39, 0.29) is 5.41 Å². The number of aromatic nitrogens is 2. The fraction of sp³-hybridized carbons (Fsp3) is 0.667. The second-order valence-corrected chi connectivity index (χ2v) is 5.40. The average Bonchev–Trinajstić information content (AvgIpc) is 2.15. The van der Waals surface area contributed by atoms with Gasteiger partial charge in [-0.05, 0) is 7.05 Å². The van der Waals surface area contributed by atoms with Crippen LogP contribution in [-0.2, 0) is 5.41 Å². The molecule has 0 unspecified atom stereocenters.